The fourth-order valence-corrected chi connectivity index (χ4v) is 3.55. The van der Waals surface area contributed by atoms with E-state index < -0.39 is 0 Å². The van der Waals surface area contributed by atoms with E-state index >= 15 is 0 Å². The van der Waals surface area contributed by atoms with Crippen molar-refractivity contribution in [3.8, 4) is 11.5 Å². The lowest BCUT2D eigenvalue weighted by Gasteiger charge is -2.23. The maximum Gasteiger partial charge on any atom is 0.255 e. The van der Waals surface area contributed by atoms with Crippen molar-refractivity contribution in [3.05, 3.63) is 47.0 Å². The van der Waals surface area contributed by atoms with Gasteiger partial charge in [0.15, 0.2) is 11.5 Å². The van der Waals surface area contributed by atoms with E-state index in [9.17, 15) is 4.79 Å². The third kappa shape index (κ3) is 3.24. The number of fused-ring (bicyclic) bond motifs is 1. The molecule has 1 N–H and O–H groups in total. The molecule has 25 heavy (non-hydrogen) atoms. The third-order valence-electron chi connectivity index (χ3n) is 4.46. The molecule has 0 spiro atoms. The minimum absolute atomic E-state index is 0.195. The highest BCUT2D eigenvalue weighted by Crippen LogP contribution is 2.36. The van der Waals surface area contributed by atoms with Gasteiger partial charge in [0.2, 0.25) is 0 Å². The summed E-state index contributed by atoms with van der Waals surface area (Å²) in [6.07, 6.45) is 2.28. The van der Waals surface area contributed by atoms with E-state index in [2.05, 4.69) is 10.2 Å². The van der Waals surface area contributed by atoms with Crippen molar-refractivity contribution in [1.82, 2.24) is 0 Å². The molecule has 4 rings (SSSR count). The topological polar surface area (TPSA) is 50.8 Å². The fourth-order valence-electron chi connectivity index (χ4n) is 3.26. The summed E-state index contributed by atoms with van der Waals surface area (Å²) in [5.41, 5.74) is 2.15. The summed E-state index contributed by atoms with van der Waals surface area (Å²) >= 11 is 6.40. The molecule has 0 saturated carbocycles. The predicted octanol–water partition coefficient (Wildman–Crippen LogP) is 3.96. The average molecular weight is 359 g/mol. The molecule has 2 aromatic carbocycles. The van der Waals surface area contributed by atoms with Gasteiger partial charge in [-0.3, -0.25) is 4.79 Å². The van der Waals surface area contributed by atoms with Crippen LogP contribution < -0.4 is 19.7 Å². The first-order chi connectivity index (χ1) is 12.2. The summed E-state index contributed by atoms with van der Waals surface area (Å²) < 4.78 is 11.1. The highest BCUT2D eigenvalue weighted by molar-refractivity contribution is 6.34. The molecular weight excluding hydrogens is 340 g/mol. The van der Waals surface area contributed by atoms with E-state index in [1.807, 2.05) is 18.2 Å². The molecule has 1 fully saturated rings. The lowest BCUT2D eigenvalue weighted by Crippen LogP contribution is -2.22. The van der Waals surface area contributed by atoms with Crippen LogP contribution in [0.15, 0.2) is 36.4 Å². The fraction of sp³-hybridized carbons (Fsp3) is 0.316. The first kappa shape index (κ1) is 16.1. The largest absolute Gasteiger partial charge is 0.486 e. The van der Waals surface area contributed by atoms with Crippen molar-refractivity contribution in [1.29, 1.82) is 0 Å². The normalized spacial score (nSPS) is 16.0. The van der Waals surface area contributed by atoms with Gasteiger partial charge < -0.3 is 19.7 Å². The molecule has 0 aliphatic carbocycles. The van der Waals surface area contributed by atoms with Gasteiger partial charge >= 0.3 is 0 Å². The van der Waals surface area contributed by atoms with Gasteiger partial charge in [0, 0.05) is 18.7 Å². The summed E-state index contributed by atoms with van der Waals surface area (Å²) in [5.74, 6) is 1.08. The van der Waals surface area contributed by atoms with Crippen LogP contribution >= 0.6 is 11.6 Å². The second-order valence-electron chi connectivity index (χ2n) is 6.14. The molecule has 1 amide bonds. The summed E-state index contributed by atoms with van der Waals surface area (Å²) in [6, 6.07) is 10.8. The van der Waals surface area contributed by atoms with Gasteiger partial charge in [-0.05, 0) is 43.2 Å². The van der Waals surface area contributed by atoms with E-state index in [0.717, 1.165) is 37.3 Å². The van der Waals surface area contributed by atoms with E-state index in [-0.39, 0.29) is 5.91 Å². The molecular formula is C19H19ClN2O3. The molecule has 0 atom stereocenters. The van der Waals surface area contributed by atoms with Crippen LogP contribution in [-0.2, 0) is 0 Å². The number of halogens is 1. The smallest absolute Gasteiger partial charge is 0.255 e. The molecule has 2 aliphatic rings. The van der Waals surface area contributed by atoms with Crippen molar-refractivity contribution < 1.29 is 14.3 Å². The Morgan fingerprint density at radius 2 is 1.80 bits per heavy atom. The Kier molecular flexibility index (Phi) is 4.40. The number of amides is 1. The SMILES string of the molecule is O=C(Nc1cccc(Cl)c1N1CCCC1)c1ccc2c(c1)OCCO2. The zero-order valence-electron chi connectivity index (χ0n) is 13.8. The minimum Gasteiger partial charge on any atom is -0.486 e. The number of hydrogen-bond donors (Lipinski definition) is 1. The van der Waals surface area contributed by atoms with Crippen LogP contribution in [0.3, 0.4) is 0 Å². The second-order valence-corrected chi connectivity index (χ2v) is 6.55. The van der Waals surface area contributed by atoms with Crippen molar-refractivity contribution in [3.63, 3.8) is 0 Å². The zero-order chi connectivity index (χ0) is 17.2. The van der Waals surface area contributed by atoms with E-state index in [1.165, 1.54) is 0 Å². The van der Waals surface area contributed by atoms with Crippen molar-refractivity contribution in [2.45, 2.75) is 12.8 Å². The molecule has 6 heteroatoms. The quantitative estimate of drug-likeness (QED) is 0.902. The molecule has 0 bridgehead atoms. The molecule has 5 nitrogen and oxygen atoms in total. The predicted molar refractivity (Wildman–Crippen MR) is 98.3 cm³/mol. The lowest BCUT2D eigenvalue weighted by molar-refractivity contribution is 0.102. The molecule has 1 saturated heterocycles. The number of carbonyl (C=O) groups excluding carboxylic acids is 1. The number of para-hydroxylation sites is 1. The maximum absolute atomic E-state index is 12.7. The van der Waals surface area contributed by atoms with Gasteiger partial charge in [-0.2, -0.15) is 0 Å². The number of nitrogens with zero attached hydrogens (tertiary/aromatic N) is 1. The van der Waals surface area contributed by atoms with Crippen molar-refractivity contribution >= 4 is 28.9 Å². The van der Waals surface area contributed by atoms with Gasteiger partial charge in [-0.15, -0.1) is 0 Å². The summed E-state index contributed by atoms with van der Waals surface area (Å²) in [5, 5.41) is 3.64. The molecule has 2 aliphatic heterocycles. The standard InChI is InChI=1S/C19H19ClN2O3/c20-14-4-3-5-15(18(14)22-8-1-2-9-22)21-19(23)13-6-7-16-17(12-13)25-11-10-24-16/h3-7,12H,1-2,8-11H2,(H,21,23). The third-order valence-corrected chi connectivity index (χ3v) is 4.77. The van der Waals surface area contributed by atoms with Gasteiger partial charge in [0.1, 0.15) is 13.2 Å². The van der Waals surface area contributed by atoms with Gasteiger partial charge in [0.05, 0.1) is 16.4 Å². The van der Waals surface area contributed by atoms with Gasteiger partial charge in [-0.25, -0.2) is 0 Å². The van der Waals surface area contributed by atoms with Crippen LogP contribution in [0.4, 0.5) is 11.4 Å². The van der Waals surface area contributed by atoms with Crippen LogP contribution in [-0.4, -0.2) is 32.2 Å². The van der Waals surface area contributed by atoms with Crippen LogP contribution in [0.2, 0.25) is 5.02 Å². The zero-order valence-corrected chi connectivity index (χ0v) is 14.5. The summed E-state index contributed by atoms with van der Waals surface area (Å²) in [7, 11) is 0. The van der Waals surface area contributed by atoms with Crippen molar-refractivity contribution in [2.24, 2.45) is 0 Å². The first-order valence-corrected chi connectivity index (χ1v) is 8.84. The number of ether oxygens (including phenoxy) is 2. The number of hydrogen-bond acceptors (Lipinski definition) is 4. The number of anilines is 2. The van der Waals surface area contributed by atoms with Gasteiger partial charge in [0.25, 0.3) is 5.91 Å². The van der Waals surface area contributed by atoms with E-state index in [4.69, 9.17) is 21.1 Å². The Morgan fingerprint density at radius 1 is 1.04 bits per heavy atom. The van der Waals surface area contributed by atoms with E-state index in [1.54, 1.807) is 18.2 Å². The van der Waals surface area contributed by atoms with Crippen LogP contribution in [0.25, 0.3) is 0 Å². The van der Waals surface area contributed by atoms with Crippen LogP contribution in [0.5, 0.6) is 11.5 Å². The highest BCUT2D eigenvalue weighted by Gasteiger charge is 2.21. The maximum atomic E-state index is 12.7. The second kappa shape index (κ2) is 6.84. The lowest BCUT2D eigenvalue weighted by atomic mass is 10.1. The number of benzene rings is 2. The first-order valence-electron chi connectivity index (χ1n) is 8.47. The molecule has 130 valence electrons. The van der Waals surface area contributed by atoms with Gasteiger partial charge in [-0.1, -0.05) is 17.7 Å². The molecule has 0 radical (unpaired) electrons. The Morgan fingerprint density at radius 3 is 2.60 bits per heavy atom. The molecule has 2 heterocycles. The number of rotatable bonds is 3. The molecule has 0 unspecified atom stereocenters. The highest BCUT2D eigenvalue weighted by atomic mass is 35.5. The minimum atomic E-state index is -0.195. The van der Waals surface area contributed by atoms with Crippen molar-refractivity contribution in [2.75, 3.05) is 36.5 Å². The average Bonchev–Trinajstić information content (AvgIpc) is 3.15. The monoisotopic (exact) mass is 358 g/mol. The van der Waals surface area contributed by atoms with E-state index in [0.29, 0.717) is 35.3 Å². The molecule has 0 aromatic heterocycles. The Balaban J connectivity index is 1.60. The summed E-state index contributed by atoms with van der Waals surface area (Å²) in [4.78, 5) is 14.9. The number of nitrogens with one attached hydrogen (secondary N) is 1. The molecule has 2 aromatic rings. The Hall–Kier alpha value is -2.40. The summed E-state index contributed by atoms with van der Waals surface area (Å²) in [6.45, 7) is 2.93. The van der Waals surface area contributed by atoms with Crippen LogP contribution in [0.1, 0.15) is 23.2 Å². The Bertz CT molecular complexity index is 803. The van der Waals surface area contributed by atoms with Crippen LogP contribution in [0, 0.1) is 0 Å². The Labute approximate surface area is 151 Å². The number of carbonyl (C=O) groups is 1.